The van der Waals surface area contributed by atoms with Gasteiger partial charge in [-0.2, -0.15) is 5.10 Å². The smallest absolute Gasteiger partial charge is 0.271 e. The number of carbonyl (C=O) groups is 1. The SMILES string of the molecule is COCc1nc(C2CCCCN2C(=O)c2cc(Cl)cn2C)n[nH]1. The minimum atomic E-state index is -0.119. The van der Waals surface area contributed by atoms with Crippen LogP contribution in [-0.4, -0.2) is 44.2 Å². The van der Waals surface area contributed by atoms with Crippen LogP contribution in [0.4, 0.5) is 0 Å². The van der Waals surface area contributed by atoms with Crippen LogP contribution in [0.15, 0.2) is 12.3 Å². The molecule has 2 aromatic heterocycles. The number of amides is 1. The highest BCUT2D eigenvalue weighted by Gasteiger charge is 2.32. The molecule has 1 N–H and O–H groups in total. The lowest BCUT2D eigenvalue weighted by molar-refractivity contribution is 0.0590. The quantitative estimate of drug-likeness (QED) is 0.928. The van der Waals surface area contributed by atoms with Gasteiger partial charge in [-0.3, -0.25) is 9.89 Å². The van der Waals surface area contributed by atoms with Crippen LogP contribution in [0.3, 0.4) is 0 Å². The number of hydrogen-bond acceptors (Lipinski definition) is 4. The number of halogens is 1. The zero-order chi connectivity index (χ0) is 16.4. The molecule has 1 saturated heterocycles. The van der Waals surface area contributed by atoms with E-state index in [0.717, 1.165) is 19.3 Å². The lowest BCUT2D eigenvalue weighted by Gasteiger charge is -2.34. The Balaban J connectivity index is 1.86. The molecule has 0 spiro atoms. The summed E-state index contributed by atoms with van der Waals surface area (Å²) < 4.78 is 6.81. The Morgan fingerprint density at radius 2 is 2.35 bits per heavy atom. The number of nitrogens with zero attached hydrogens (tertiary/aromatic N) is 4. The summed E-state index contributed by atoms with van der Waals surface area (Å²) in [5, 5.41) is 7.70. The third-order valence-electron chi connectivity index (χ3n) is 4.08. The molecular formula is C15H20ClN5O2. The minimum Gasteiger partial charge on any atom is -0.377 e. The molecule has 1 atom stereocenters. The van der Waals surface area contributed by atoms with Crippen LogP contribution in [0.2, 0.25) is 5.02 Å². The first kappa shape index (κ1) is 16.0. The van der Waals surface area contributed by atoms with Crippen molar-refractivity contribution in [1.29, 1.82) is 0 Å². The second-order valence-electron chi connectivity index (χ2n) is 5.74. The van der Waals surface area contributed by atoms with Crippen LogP contribution in [0.25, 0.3) is 0 Å². The number of aromatic amines is 1. The fourth-order valence-electron chi connectivity index (χ4n) is 2.99. The summed E-state index contributed by atoms with van der Waals surface area (Å²) in [5.74, 6) is 1.27. The molecule has 8 heteroatoms. The first-order valence-electron chi connectivity index (χ1n) is 7.63. The number of likely N-dealkylation sites (tertiary alicyclic amines) is 1. The van der Waals surface area contributed by atoms with Crippen molar-refractivity contribution in [3.05, 3.63) is 34.6 Å². The molecule has 0 bridgehead atoms. The average Bonchev–Trinajstić information content (AvgIpc) is 3.13. The van der Waals surface area contributed by atoms with Crippen LogP contribution in [0.5, 0.6) is 0 Å². The minimum absolute atomic E-state index is 0.0396. The van der Waals surface area contributed by atoms with Crippen molar-refractivity contribution >= 4 is 17.5 Å². The van der Waals surface area contributed by atoms with Crippen LogP contribution in [0.1, 0.15) is 47.4 Å². The monoisotopic (exact) mass is 337 g/mol. The number of hydrogen-bond donors (Lipinski definition) is 1. The molecule has 7 nitrogen and oxygen atoms in total. The molecule has 1 amide bonds. The molecule has 23 heavy (non-hydrogen) atoms. The fraction of sp³-hybridized carbons (Fsp3) is 0.533. The molecule has 1 fully saturated rings. The molecule has 2 aromatic rings. The summed E-state index contributed by atoms with van der Waals surface area (Å²) in [5.41, 5.74) is 0.578. The maximum Gasteiger partial charge on any atom is 0.271 e. The highest BCUT2D eigenvalue weighted by molar-refractivity contribution is 6.31. The normalized spacial score (nSPS) is 18.4. The molecule has 3 rings (SSSR count). The van der Waals surface area contributed by atoms with Gasteiger partial charge in [0.2, 0.25) is 0 Å². The van der Waals surface area contributed by atoms with E-state index in [1.54, 1.807) is 23.9 Å². The van der Waals surface area contributed by atoms with Gasteiger partial charge in [0.25, 0.3) is 5.91 Å². The summed E-state index contributed by atoms with van der Waals surface area (Å²) in [4.78, 5) is 19.2. The number of aromatic nitrogens is 4. The van der Waals surface area contributed by atoms with E-state index in [4.69, 9.17) is 16.3 Å². The van der Waals surface area contributed by atoms with Crippen molar-refractivity contribution in [2.24, 2.45) is 7.05 Å². The van der Waals surface area contributed by atoms with Crippen molar-refractivity contribution in [1.82, 2.24) is 24.6 Å². The number of ether oxygens (including phenoxy) is 1. The highest BCUT2D eigenvalue weighted by Crippen LogP contribution is 2.30. The Hall–Kier alpha value is -1.86. The zero-order valence-electron chi connectivity index (χ0n) is 13.3. The van der Waals surface area contributed by atoms with E-state index in [1.165, 1.54) is 0 Å². The van der Waals surface area contributed by atoms with E-state index in [2.05, 4.69) is 15.2 Å². The number of methoxy groups -OCH3 is 1. The van der Waals surface area contributed by atoms with Gasteiger partial charge in [0.05, 0.1) is 11.1 Å². The van der Waals surface area contributed by atoms with Crippen LogP contribution < -0.4 is 0 Å². The Labute approximate surface area is 139 Å². The number of rotatable bonds is 4. The molecule has 124 valence electrons. The molecule has 1 aliphatic heterocycles. The lowest BCUT2D eigenvalue weighted by Crippen LogP contribution is -2.39. The second kappa shape index (κ2) is 6.72. The molecule has 0 aliphatic carbocycles. The maximum atomic E-state index is 12.9. The van der Waals surface area contributed by atoms with Gasteiger partial charge in [0.1, 0.15) is 12.3 Å². The number of carbonyl (C=O) groups excluding carboxylic acids is 1. The molecule has 1 aliphatic rings. The third-order valence-corrected chi connectivity index (χ3v) is 4.29. The van der Waals surface area contributed by atoms with Gasteiger partial charge in [0, 0.05) is 26.9 Å². The lowest BCUT2D eigenvalue weighted by atomic mass is 10.0. The van der Waals surface area contributed by atoms with Crippen molar-refractivity contribution in [3.63, 3.8) is 0 Å². The van der Waals surface area contributed by atoms with Gasteiger partial charge in [0.15, 0.2) is 11.6 Å². The summed E-state index contributed by atoms with van der Waals surface area (Å²) >= 11 is 6.01. The zero-order valence-corrected chi connectivity index (χ0v) is 14.0. The van der Waals surface area contributed by atoms with Gasteiger partial charge in [-0.05, 0) is 25.3 Å². The van der Waals surface area contributed by atoms with Crippen LogP contribution in [-0.2, 0) is 18.4 Å². The van der Waals surface area contributed by atoms with Gasteiger partial charge in [-0.1, -0.05) is 11.6 Å². The van der Waals surface area contributed by atoms with E-state index in [-0.39, 0.29) is 11.9 Å². The van der Waals surface area contributed by atoms with Gasteiger partial charge in [-0.25, -0.2) is 4.98 Å². The van der Waals surface area contributed by atoms with Gasteiger partial charge >= 0.3 is 0 Å². The number of nitrogens with one attached hydrogen (secondary N) is 1. The summed E-state index contributed by atoms with van der Waals surface area (Å²) in [6.45, 7) is 1.07. The van der Waals surface area contributed by atoms with E-state index in [1.807, 2.05) is 11.9 Å². The van der Waals surface area contributed by atoms with Crippen molar-refractivity contribution < 1.29 is 9.53 Å². The van der Waals surface area contributed by atoms with Gasteiger partial charge in [-0.15, -0.1) is 0 Å². The number of piperidine rings is 1. The summed E-state index contributed by atoms with van der Waals surface area (Å²) in [6.07, 6.45) is 4.62. The predicted molar refractivity (Wildman–Crippen MR) is 85.1 cm³/mol. The third kappa shape index (κ3) is 3.25. The Kier molecular flexibility index (Phi) is 4.68. The van der Waals surface area contributed by atoms with E-state index >= 15 is 0 Å². The average molecular weight is 338 g/mol. The van der Waals surface area contributed by atoms with E-state index in [9.17, 15) is 4.79 Å². The summed E-state index contributed by atoms with van der Waals surface area (Å²) in [6, 6.07) is 1.58. The highest BCUT2D eigenvalue weighted by atomic mass is 35.5. The molecule has 0 aromatic carbocycles. The number of H-pyrrole nitrogens is 1. The summed E-state index contributed by atoms with van der Waals surface area (Å²) in [7, 11) is 3.43. The van der Waals surface area contributed by atoms with Crippen LogP contribution in [0, 0.1) is 0 Å². The van der Waals surface area contributed by atoms with Gasteiger partial charge < -0.3 is 14.2 Å². The van der Waals surface area contributed by atoms with E-state index in [0.29, 0.717) is 35.5 Å². The molecular weight excluding hydrogens is 318 g/mol. The fourth-order valence-corrected chi connectivity index (χ4v) is 3.24. The maximum absolute atomic E-state index is 12.9. The van der Waals surface area contributed by atoms with Crippen molar-refractivity contribution in [3.8, 4) is 0 Å². The standard InChI is InChI=1S/C15H20ClN5O2/c1-20-8-10(16)7-12(20)15(22)21-6-4-3-5-11(21)14-17-13(9-23-2)18-19-14/h7-8,11H,3-6,9H2,1-2H3,(H,17,18,19). The first-order valence-corrected chi connectivity index (χ1v) is 8.01. The van der Waals surface area contributed by atoms with Crippen LogP contribution >= 0.6 is 11.6 Å². The Morgan fingerprint density at radius 3 is 3.04 bits per heavy atom. The molecule has 0 radical (unpaired) electrons. The number of aryl methyl sites for hydroxylation is 1. The molecule has 0 saturated carbocycles. The Morgan fingerprint density at radius 1 is 1.52 bits per heavy atom. The van der Waals surface area contributed by atoms with Crippen molar-refractivity contribution in [2.75, 3.05) is 13.7 Å². The second-order valence-corrected chi connectivity index (χ2v) is 6.17. The first-order chi connectivity index (χ1) is 11.1. The Bertz CT molecular complexity index is 696. The molecule has 1 unspecified atom stereocenters. The predicted octanol–water partition coefficient (Wildman–Crippen LogP) is 2.31. The topological polar surface area (TPSA) is 76.0 Å². The molecule has 3 heterocycles. The largest absolute Gasteiger partial charge is 0.377 e. The van der Waals surface area contributed by atoms with E-state index < -0.39 is 0 Å². The van der Waals surface area contributed by atoms with Crippen molar-refractivity contribution in [2.45, 2.75) is 31.9 Å².